The molecule has 0 N–H and O–H groups in total. The molecule has 0 radical (unpaired) electrons. The number of rotatable bonds is 3. The van der Waals surface area contributed by atoms with Gasteiger partial charge >= 0.3 is 0 Å². The minimum absolute atomic E-state index is 0.0290. The minimum atomic E-state index is -3.42. The second-order valence-electron chi connectivity index (χ2n) is 2.99. The van der Waals surface area contributed by atoms with Crippen LogP contribution in [0.3, 0.4) is 0 Å². The fourth-order valence-corrected chi connectivity index (χ4v) is 2.00. The zero-order valence-corrected chi connectivity index (χ0v) is 8.84. The van der Waals surface area contributed by atoms with E-state index in [1.165, 1.54) is 6.08 Å². The van der Waals surface area contributed by atoms with E-state index < -0.39 is 9.84 Å². The van der Waals surface area contributed by atoms with Crippen molar-refractivity contribution in [3.63, 3.8) is 0 Å². The highest BCUT2D eigenvalue weighted by molar-refractivity contribution is 7.95. The summed E-state index contributed by atoms with van der Waals surface area (Å²) in [6.07, 6.45) is 1.25. The Hall–Kier alpha value is -1.35. The SMILES string of the molecule is C=CC(=C)S(=O)(=O)c1ccc(C)cc1. The first-order chi connectivity index (χ1) is 6.48. The van der Waals surface area contributed by atoms with Crippen LogP contribution >= 0.6 is 0 Å². The molecule has 0 saturated carbocycles. The molecule has 74 valence electrons. The molecule has 0 aliphatic rings. The predicted octanol–water partition coefficient (Wildman–Crippen LogP) is 2.47. The zero-order valence-electron chi connectivity index (χ0n) is 8.03. The quantitative estimate of drug-likeness (QED) is 0.715. The number of aryl methyl sites for hydroxylation is 1. The van der Waals surface area contributed by atoms with E-state index >= 15 is 0 Å². The average Bonchev–Trinajstić information content (AvgIpc) is 2.17. The van der Waals surface area contributed by atoms with Gasteiger partial charge in [-0.2, -0.15) is 0 Å². The van der Waals surface area contributed by atoms with Crippen LogP contribution in [-0.2, 0) is 9.84 Å². The Morgan fingerprint density at radius 2 is 1.79 bits per heavy atom. The second kappa shape index (κ2) is 3.80. The van der Waals surface area contributed by atoms with Gasteiger partial charge in [0, 0.05) is 0 Å². The highest BCUT2D eigenvalue weighted by atomic mass is 32.2. The van der Waals surface area contributed by atoms with Gasteiger partial charge in [-0.15, -0.1) is 0 Å². The summed E-state index contributed by atoms with van der Waals surface area (Å²) in [4.78, 5) is 0.286. The molecule has 0 unspecified atom stereocenters. The van der Waals surface area contributed by atoms with Crippen LogP contribution in [0.2, 0.25) is 0 Å². The molecule has 0 bridgehead atoms. The molecule has 0 amide bonds. The molecule has 3 heteroatoms. The second-order valence-corrected chi connectivity index (χ2v) is 4.99. The van der Waals surface area contributed by atoms with Crippen molar-refractivity contribution in [1.82, 2.24) is 0 Å². The van der Waals surface area contributed by atoms with Crippen LogP contribution < -0.4 is 0 Å². The molecule has 0 fully saturated rings. The van der Waals surface area contributed by atoms with Crippen molar-refractivity contribution < 1.29 is 8.42 Å². The van der Waals surface area contributed by atoms with Gasteiger partial charge in [-0.05, 0) is 19.1 Å². The van der Waals surface area contributed by atoms with Crippen molar-refractivity contribution in [2.75, 3.05) is 0 Å². The summed E-state index contributed by atoms with van der Waals surface area (Å²) in [5, 5.41) is 0. The lowest BCUT2D eigenvalue weighted by atomic mass is 10.2. The predicted molar refractivity (Wildman–Crippen MR) is 57.7 cm³/mol. The third-order valence-electron chi connectivity index (χ3n) is 1.90. The highest BCUT2D eigenvalue weighted by Crippen LogP contribution is 2.18. The van der Waals surface area contributed by atoms with Crippen LogP contribution in [0.1, 0.15) is 5.56 Å². The molecule has 1 aromatic rings. The van der Waals surface area contributed by atoms with Gasteiger partial charge < -0.3 is 0 Å². The van der Waals surface area contributed by atoms with Gasteiger partial charge in [-0.25, -0.2) is 8.42 Å². The van der Waals surface area contributed by atoms with Gasteiger partial charge in [0.1, 0.15) is 0 Å². The summed E-state index contributed by atoms with van der Waals surface area (Å²) in [5.74, 6) is 0. The first-order valence-corrected chi connectivity index (χ1v) is 5.60. The van der Waals surface area contributed by atoms with Crippen LogP contribution in [0, 0.1) is 6.92 Å². The highest BCUT2D eigenvalue weighted by Gasteiger charge is 2.15. The molecular formula is C11H12O2S. The van der Waals surface area contributed by atoms with Crippen molar-refractivity contribution in [3.05, 3.63) is 54.0 Å². The van der Waals surface area contributed by atoms with Gasteiger partial charge in [0.2, 0.25) is 9.84 Å². The van der Waals surface area contributed by atoms with Crippen LogP contribution in [-0.4, -0.2) is 8.42 Å². The van der Waals surface area contributed by atoms with Gasteiger partial charge in [0.15, 0.2) is 0 Å². The van der Waals surface area contributed by atoms with Crippen molar-refractivity contribution in [2.24, 2.45) is 0 Å². The van der Waals surface area contributed by atoms with E-state index in [1.54, 1.807) is 24.3 Å². The van der Waals surface area contributed by atoms with E-state index in [-0.39, 0.29) is 9.80 Å². The van der Waals surface area contributed by atoms with Crippen LogP contribution in [0.5, 0.6) is 0 Å². The van der Waals surface area contributed by atoms with Crippen molar-refractivity contribution in [3.8, 4) is 0 Å². The van der Waals surface area contributed by atoms with Gasteiger partial charge in [0.05, 0.1) is 9.80 Å². The molecule has 1 rings (SSSR count). The lowest BCUT2D eigenvalue weighted by Gasteiger charge is -2.03. The molecule has 0 aliphatic heterocycles. The summed E-state index contributed by atoms with van der Waals surface area (Å²) in [6.45, 7) is 8.73. The van der Waals surface area contributed by atoms with Crippen molar-refractivity contribution in [2.45, 2.75) is 11.8 Å². The van der Waals surface area contributed by atoms with E-state index in [0.29, 0.717) is 0 Å². The lowest BCUT2D eigenvalue weighted by molar-refractivity contribution is 0.603. The van der Waals surface area contributed by atoms with Crippen LogP contribution in [0.15, 0.2) is 53.3 Å². The maximum Gasteiger partial charge on any atom is 0.205 e. The number of sulfone groups is 1. The Morgan fingerprint density at radius 1 is 1.29 bits per heavy atom. The molecule has 0 saturated heterocycles. The molecule has 0 heterocycles. The molecule has 0 aromatic heterocycles. The van der Waals surface area contributed by atoms with Gasteiger partial charge in [-0.1, -0.05) is 36.9 Å². The van der Waals surface area contributed by atoms with E-state index in [0.717, 1.165) is 5.56 Å². The topological polar surface area (TPSA) is 34.1 Å². The largest absolute Gasteiger partial charge is 0.219 e. The summed E-state index contributed by atoms with van der Waals surface area (Å²) in [5.41, 5.74) is 1.02. The van der Waals surface area contributed by atoms with Gasteiger partial charge in [-0.3, -0.25) is 0 Å². The molecule has 14 heavy (non-hydrogen) atoms. The van der Waals surface area contributed by atoms with E-state index in [9.17, 15) is 8.42 Å². The lowest BCUT2D eigenvalue weighted by Crippen LogP contribution is -2.01. The smallest absolute Gasteiger partial charge is 0.205 e. The Balaban J connectivity index is 3.24. The maximum absolute atomic E-state index is 11.7. The minimum Gasteiger partial charge on any atom is -0.219 e. The van der Waals surface area contributed by atoms with Crippen molar-refractivity contribution in [1.29, 1.82) is 0 Å². The van der Waals surface area contributed by atoms with Gasteiger partial charge in [0.25, 0.3) is 0 Å². The number of hydrogen-bond acceptors (Lipinski definition) is 2. The van der Waals surface area contributed by atoms with Crippen LogP contribution in [0.4, 0.5) is 0 Å². The summed E-state index contributed by atoms with van der Waals surface area (Å²) >= 11 is 0. The first kappa shape index (κ1) is 10.7. The molecule has 0 spiro atoms. The Morgan fingerprint density at radius 3 is 2.21 bits per heavy atom. The Bertz CT molecular complexity index is 453. The van der Waals surface area contributed by atoms with Crippen LogP contribution in [0.25, 0.3) is 0 Å². The summed E-state index contributed by atoms with van der Waals surface area (Å²) in [6, 6.07) is 6.64. The summed E-state index contributed by atoms with van der Waals surface area (Å²) in [7, 11) is -3.42. The Kier molecular flexibility index (Phi) is 2.91. The third kappa shape index (κ3) is 1.93. The molecule has 0 aliphatic carbocycles. The number of hydrogen-bond donors (Lipinski definition) is 0. The average molecular weight is 208 g/mol. The normalized spacial score (nSPS) is 10.9. The third-order valence-corrected chi connectivity index (χ3v) is 3.65. The van der Waals surface area contributed by atoms with E-state index in [2.05, 4.69) is 13.2 Å². The fraction of sp³-hybridized carbons (Fsp3) is 0.0909. The number of allylic oxidation sites excluding steroid dienone is 1. The van der Waals surface area contributed by atoms with E-state index in [4.69, 9.17) is 0 Å². The van der Waals surface area contributed by atoms with Crippen molar-refractivity contribution >= 4 is 9.84 Å². The zero-order chi connectivity index (χ0) is 10.8. The molecule has 2 nitrogen and oxygen atoms in total. The number of benzene rings is 1. The Labute approximate surface area is 84.5 Å². The maximum atomic E-state index is 11.7. The summed E-state index contributed by atoms with van der Waals surface area (Å²) < 4.78 is 23.4. The first-order valence-electron chi connectivity index (χ1n) is 4.11. The van der Waals surface area contributed by atoms with E-state index in [1.807, 2.05) is 6.92 Å². The molecule has 0 atom stereocenters. The molecule has 1 aromatic carbocycles. The standard InChI is InChI=1S/C11H12O2S/c1-4-10(3)14(12,13)11-7-5-9(2)6-8-11/h4-8H,1,3H2,2H3. The monoisotopic (exact) mass is 208 g/mol. The molecular weight excluding hydrogens is 196 g/mol. The fourth-order valence-electron chi connectivity index (χ4n) is 0.979.